The number of unbranched alkanes of at least 4 members (excludes halogenated alkanes) is 2. The third kappa shape index (κ3) is 21.9. The van der Waals surface area contributed by atoms with Gasteiger partial charge < -0.3 is 35.9 Å². The molecular formula is C45H59ClN10O14S2. The lowest BCUT2D eigenvalue weighted by molar-refractivity contribution is -0.143. The van der Waals surface area contributed by atoms with Crippen LogP contribution in [0.4, 0.5) is 16.4 Å². The lowest BCUT2D eigenvalue weighted by Gasteiger charge is -2.20. The second-order valence-electron chi connectivity index (χ2n) is 15.9. The number of nitrogens with two attached hydrogens (primary N) is 1. The number of benzene rings is 2. The molecule has 4 rings (SSSR count). The van der Waals surface area contributed by atoms with Gasteiger partial charge in [-0.15, -0.1) is 12.4 Å². The summed E-state index contributed by atoms with van der Waals surface area (Å²) in [5.74, 6) is -1.63. The van der Waals surface area contributed by atoms with Crippen molar-refractivity contribution in [3.8, 4) is 0 Å². The van der Waals surface area contributed by atoms with Gasteiger partial charge in [0.05, 0.1) is 37.8 Å². The normalized spacial score (nSPS) is 12.2. The van der Waals surface area contributed by atoms with Gasteiger partial charge in [0.1, 0.15) is 39.1 Å². The van der Waals surface area contributed by atoms with E-state index in [1.54, 1.807) is 32.9 Å². The highest BCUT2D eigenvalue weighted by Crippen LogP contribution is 2.16. The molecule has 2 heterocycles. The highest BCUT2D eigenvalue weighted by atomic mass is 35.5. The van der Waals surface area contributed by atoms with E-state index >= 15 is 0 Å². The van der Waals surface area contributed by atoms with Crippen molar-refractivity contribution in [3.63, 3.8) is 0 Å². The molecule has 9 N–H and O–H groups in total. The van der Waals surface area contributed by atoms with Crippen LogP contribution >= 0.6 is 12.4 Å². The maximum atomic E-state index is 12.7. The molecule has 2 aromatic carbocycles. The molecule has 0 spiro atoms. The summed E-state index contributed by atoms with van der Waals surface area (Å²) in [6.07, 6.45) is 7.63. The molecule has 0 saturated heterocycles. The van der Waals surface area contributed by atoms with Gasteiger partial charge in [-0.2, -0.15) is 27.0 Å². The van der Waals surface area contributed by atoms with Gasteiger partial charge in [0.2, 0.25) is 0 Å². The van der Waals surface area contributed by atoms with Crippen LogP contribution in [0.5, 0.6) is 0 Å². The molecule has 0 saturated carbocycles. The number of ether oxygens (including phenoxy) is 3. The van der Waals surface area contributed by atoms with Gasteiger partial charge in [-0.25, -0.2) is 24.4 Å². The first kappa shape index (κ1) is 61.0. The molecule has 24 nitrogen and oxygen atoms in total. The van der Waals surface area contributed by atoms with E-state index < -0.39 is 67.8 Å². The van der Waals surface area contributed by atoms with Gasteiger partial charge in [-0.3, -0.25) is 29.5 Å². The van der Waals surface area contributed by atoms with Crippen molar-refractivity contribution in [2.75, 3.05) is 38.2 Å². The van der Waals surface area contributed by atoms with Crippen LogP contribution in [0.1, 0.15) is 91.1 Å². The number of carbonyl (C=O) groups is 5. The molecule has 2 aromatic heterocycles. The van der Waals surface area contributed by atoms with E-state index in [1.807, 2.05) is 0 Å². The number of nitrogens with zero attached hydrogens (tertiary/aromatic N) is 4. The number of esters is 2. The number of aromatic nitrogens is 2. The van der Waals surface area contributed by atoms with E-state index in [1.165, 1.54) is 99.7 Å². The summed E-state index contributed by atoms with van der Waals surface area (Å²) in [7, 11) is -6.33. The predicted molar refractivity (Wildman–Crippen MR) is 268 cm³/mol. The van der Waals surface area contributed by atoms with E-state index in [-0.39, 0.29) is 56.1 Å². The molecule has 4 aromatic rings. The third-order valence-corrected chi connectivity index (χ3v) is 11.2. The van der Waals surface area contributed by atoms with Crippen LogP contribution in [0.2, 0.25) is 0 Å². The number of hydrazone groups is 2. The topological polar surface area (TPSA) is 358 Å². The maximum Gasteiger partial charge on any atom is 0.407 e. The van der Waals surface area contributed by atoms with Crippen molar-refractivity contribution < 1.29 is 64.1 Å². The van der Waals surface area contributed by atoms with Gasteiger partial charge in [0.15, 0.2) is 0 Å². The third-order valence-electron chi connectivity index (χ3n) is 9.33. The fraction of sp³-hybridized carbons (Fsp3) is 0.356. The molecule has 0 fully saturated rings. The average Bonchev–Trinajstić information content (AvgIpc) is 3.32. The molecule has 2 unspecified atom stereocenters. The zero-order valence-electron chi connectivity index (χ0n) is 39.9. The number of rotatable bonds is 23. The van der Waals surface area contributed by atoms with Gasteiger partial charge in [0.25, 0.3) is 32.1 Å². The minimum atomic E-state index is -4.41. The van der Waals surface area contributed by atoms with Crippen molar-refractivity contribution in [2.24, 2.45) is 15.9 Å². The highest BCUT2D eigenvalue weighted by molar-refractivity contribution is 7.86. The Bertz CT molecular complexity index is 2710. The molecule has 0 bridgehead atoms. The summed E-state index contributed by atoms with van der Waals surface area (Å²) in [4.78, 5) is 68.4. The molecule has 27 heteroatoms. The Morgan fingerprint density at radius 1 is 0.667 bits per heavy atom. The summed E-state index contributed by atoms with van der Waals surface area (Å²) < 4.78 is 78.9. The summed E-state index contributed by atoms with van der Waals surface area (Å²) in [5.41, 5.74) is 10.8. The number of nitrogens with one attached hydrogen (secondary N) is 5. The van der Waals surface area contributed by atoms with Crippen molar-refractivity contribution >= 4 is 86.6 Å². The van der Waals surface area contributed by atoms with Crippen LogP contribution in [-0.2, 0) is 44.0 Å². The summed E-state index contributed by atoms with van der Waals surface area (Å²) in [5, 5.41) is 15.7. The number of halogens is 1. The molecule has 0 aliphatic rings. The van der Waals surface area contributed by atoms with E-state index in [0.29, 0.717) is 45.2 Å². The SMILES string of the molecule is COC(=O)C(CCCCN)NC(=O)c1ccc(NN=Cc2ccccc2S(=O)(=O)O)nc1.COC(=O)C(CCCCNC(=O)OC(C)(C)C)NC(=O)c1ccc(NN=Cc2ccccc2S(=O)(=O)O)nc1.Cl. The zero-order chi connectivity index (χ0) is 52.6. The van der Waals surface area contributed by atoms with E-state index in [2.05, 4.69) is 47.0 Å². The minimum absolute atomic E-state index is 0. The monoisotopic (exact) mass is 1060 g/mol. The number of amides is 3. The minimum Gasteiger partial charge on any atom is -0.467 e. The summed E-state index contributed by atoms with van der Waals surface area (Å²) in [6.45, 7) is 6.13. The first-order valence-electron chi connectivity index (χ1n) is 21.6. The highest BCUT2D eigenvalue weighted by Gasteiger charge is 2.24. The average molecular weight is 1060 g/mol. The molecule has 0 aliphatic heterocycles. The molecule has 72 heavy (non-hydrogen) atoms. The largest absolute Gasteiger partial charge is 0.467 e. The van der Waals surface area contributed by atoms with Crippen LogP contribution in [0.3, 0.4) is 0 Å². The fourth-order valence-electron chi connectivity index (χ4n) is 5.91. The Morgan fingerprint density at radius 3 is 1.44 bits per heavy atom. The van der Waals surface area contributed by atoms with E-state index in [0.717, 1.165) is 6.42 Å². The maximum absolute atomic E-state index is 12.7. The van der Waals surface area contributed by atoms with Crippen LogP contribution in [0, 0.1) is 0 Å². The Morgan fingerprint density at radius 2 is 1.08 bits per heavy atom. The number of carbonyl (C=O) groups excluding carboxylic acids is 5. The number of hydrogen-bond donors (Lipinski definition) is 8. The fourth-order valence-corrected chi connectivity index (χ4v) is 7.24. The Labute approximate surface area is 423 Å². The molecule has 0 aliphatic carbocycles. The molecule has 2 atom stereocenters. The van der Waals surface area contributed by atoms with E-state index in [9.17, 15) is 49.9 Å². The molecule has 3 amide bonds. The van der Waals surface area contributed by atoms with Gasteiger partial charge in [-0.05, 0) is 102 Å². The predicted octanol–water partition coefficient (Wildman–Crippen LogP) is 4.34. The number of methoxy groups -OCH3 is 2. The Balaban J connectivity index is 0.000000496. The van der Waals surface area contributed by atoms with Crippen molar-refractivity contribution in [2.45, 2.75) is 86.8 Å². The van der Waals surface area contributed by atoms with Crippen LogP contribution in [0.15, 0.2) is 105 Å². The number of anilines is 2. The summed E-state index contributed by atoms with van der Waals surface area (Å²) in [6, 6.07) is 15.8. The van der Waals surface area contributed by atoms with Crippen molar-refractivity contribution in [1.29, 1.82) is 0 Å². The Hall–Kier alpha value is -7.10. The van der Waals surface area contributed by atoms with Gasteiger partial charge in [0, 0.05) is 30.1 Å². The lowest BCUT2D eigenvalue weighted by atomic mass is 10.1. The second-order valence-corrected chi connectivity index (χ2v) is 18.7. The smallest absolute Gasteiger partial charge is 0.407 e. The van der Waals surface area contributed by atoms with E-state index in [4.69, 9.17) is 19.9 Å². The first-order valence-corrected chi connectivity index (χ1v) is 24.5. The summed E-state index contributed by atoms with van der Waals surface area (Å²) >= 11 is 0. The van der Waals surface area contributed by atoms with Crippen molar-refractivity contribution in [3.05, 3.63) is 107 Å². The lowest BCUT2D eigenvalue weighted by Crippen LogP contribution is -2.41. The number of hydrogen-bond acceptors (Lipinski definition) is 19. The van der Waals surface area contributed by atoms with Crippen molar-refractivity contribution in [1.82, 2.24) is 25.9 Å². The molecule has 0 radical (unpaired) electrons. The molecular weight excluding hydrogens is 1000 g/mol. The standard InChI is InChI=1S/C25H33N5O8S.C20H25N5O6S.ClH/c1-25(2,3)38-24(33)26-14-8-7-10-19(23(32)37-4)29-22(31)18-12-13-21(27-15-18)30-28-16-17-9-5-6-11-20(17)39(34,35)36;1-31-20(27)16(7-4-5-11-21)24-19(26)15-9-10-18(22-12-15)25-23-13-14-6-2-3-8-17(14)32(28,29)30;/h5-6,9,11-13,15-16,19H,7-8,10,14H2,1-4H3,(H,26,33)(H,27,30)(H,29,31)(H,34,35,36);2-3,6,8-10,12-13,16H,4-5,7,11,21H2,1H3,(H,22,25)(H,24,26)(H,28,29,30);1H. The quantitative estimate of drug-likeness (QED) is 0.0128. The van der Waals surface area contributed by atoms with Crippen LogP contribution < -0.4 is 32.5 Å². The molecule has 392 valence electrons. The Kier molecular flexibility index (Phi) is 25.4. The van der Waals surface area contributed by atoms with Gasteiger partial charge in [-0.1, -0.05) is 36.4 Å². The van der Waals surface area contributed by atoms with Crippen LogP contribution in [-0.4, -0.2) is 123 Å². The number of pyridine rings is 2. The second kappa shape index (κ2) is 29.9. The van der Waals surface area contributed by atoms with Gasteiger partial charge >= 0.3 is 18.0 Å². The van der Waals surface area contributed by atoms with Crippen LogP contribution in [0.25, 0.3) is 0 Å². The first-order chi connectivity index (χ1) is 33.6. The zero-order valence-corrected chi connectivity index (χ0v) is 42.4. The number of alkyl carbamates (subject to hydrolysis) is 1.